The number of hydrogen-bond donors (Lipinski definition) is 2. The monoisotopic (exact) mass is 225 g/mol. The minimum Gasteiger partial charge on any atom is -0.271 e. The maximum Gasteiger partial charge on any atom is 0.146 e. The third-order valence-electron chi connectivity index (χ3n) is 2.65. The third-order valence-corrected chi connectivity index (χ3v) is 2.65. The van der Waals surface area contributed by atoms with Crippen molar-refractivity contribution >= 4 is 0 Å². The van der Waals surface area contributed by atoms with Gasteiger partial charge in [-0.05, 0) is 18.4 Å². The Labute approximate surface area is 96.2 Å². The van der Waals surface area contributed by atoms with Gasteiger partial charge < -0.3 is 0 Å². The lowest BCUT2D eigenvalue weighted by molar-refractivity contribution is 0.440. The van der Waals surface area contributed by atoms with E-state index in [1.54, 1.807) is 12.3 Å². The van der Waals surface area contributed by atoms with Crippen molar-refractivity contribution in [2.24, 2.45) is 11.8 Å². The first kappa shape index (κ1) is 13.1. The first-order chi connectivity index (χ1) is 7.65. The van der Waals surface area contributed by atoms with Crippen molar-refractivity contribution in [2.45, 2.75) is 39.2 Å². The summed E-state index contributed by atoms with van der Waals surface area (Å²) >= 11 is 0. The highest BCUT2D eigenvalue weighted by atomic mass is 19.1. The second-order valence-electron chi connectivity index (χ2n) is 4.44. The lowest BCUT2D eigenvalue weighted by Crippen LogP contribution is -2.28. The van der Waals surface area contributed by atoms with Gasteiger partial charge in [-0.1, -0.05) is 26.7 Å². The second-order valence-corrected chi connectivity index (χ2v) is 4.44. The first-order valence-electron chi connectivity index (χ1n) is 5.70. The van der Waals surface area contributed by atoms with Gasteiger partial charge >= 0.3 is 0 Å². The molecule has 1 heterocycles. The van der Waals surface area contributed by atoms with Crippen molar-refractivity contribution in [3.63, 3.8) is 0 Å². The van der Waals surface area contributed by atoms with Gasteiger partial charge in [0.2, 0.25) is 0 Å². The van der Waals surface area contributed by atoms with E-state index in [0.717, 1.165) is 19.3 Å². The lowest BCUT2D eigenvalue weighted by atomic mass is 9.99. The zero-order valence-corrected chi connectivity index (χ0v) is 9.91. The molecule has 0 fully saturated rings. The van der Waals surface area contributed by atoms with Crippen LogP contribution in [0.4, 0.5) is 4.39 Å². The van der Waals surface area contributed by atoms with Crippen LogP contribution in [0.1, 0.15) is 44.7 Å². The van der Waals surface area contributed by atoms with E-state index in [0.29, 0.717) is 11.5 Å². The van der Waals surface area contributed by atoms with Gasteiger partial charge in [0.05, 0.1) is 6.20 Å². The molecule has 0 aliphatic carbocycles. The molecule has 0 amide bonds. The summed E-state index contributed by atoms with van der Waals surface area (Å²) in [6.07, 6.45) is 5.82. The highest BCUT2D eigenvalue weighted by Gasteiger charge is 2.13. The number of halogens is 1. The van der Waals surface area contributed by atoms with Crippen LogP contribution in [0, 0.1) is 11.7 Å². The van der Waals surface area contributed by atoms with Gasteiger partial charge in [0.25, 0.3) is 0 Å². The molecular weight excluding hydrogens is 205 g/mol. The number of nitrogens with zero attached hydrogens (tertiary/aromatic N) is 1. The van der Waals surface area contributed by atoms with Crippen molar-refractivity contribution in [2.75, 3.05) is 0 Å². The Bertz CT molecular complexity index is 315. The molecule has 3 nitrogen and oxygen atoms in total. The number of rotatable bonds is 6. The Balaban J connectivity index is 2.57. The van der Waals surface area contributed by atoms with Crippen molar-refractivity contribution in [3.8, 4) is 0 Å². The summed E-state index contributed by atoms with van der Waals surface area (Å²) in [6, 6.07) is 1.55. The Kier molecular flexibility index (Phi) is 5.35. The van der Waals surface area contributed by atoms with Gasteiger partial charge in [-0.15, -0.1) is 0 Å². The van der Waals surface area contributed by atoms with Crippen LogP contribution in [0.5, 0.6) is 0 Å². The molecule has 1 unspecified atom stereocenters. The zero-order valence-electron chi connectivity index (χ0n) is 9.91. The highest BCUT2D eigenvalue weighted by molar-refractivity contribution is 5.17. The van der Waals surface area contributed by atoms with Gasteiger partial charge in [-0.25, -0.2) is 4.39 Å². The standard InChI is InChI=1S/C12H20FN3/c1-9(2)4-3-5-12(16-14)10-6-7-15-8-11(10)13/h6-9,12,16H,3-5,14H2,1-2H3. The molecule has 1 rings (SSSR count). The van der Waals surface area contributed by atoms with E-state index in [2.05, 4.69) is 24.3 Å². The van der Waals surface area contributed by atoms with E-state index in [1.165, 1.54) is 6.20 Å². The molecule has 0 aliphatic heterocycles. The van der Waals surface area contributed by atoms with E-state index < -0.39 is 0 Å². The lowest BCUT2D eigenvalue weighted by Gasteiger charge is -2.17. The number of hydrazine groups is 1. The van der Waals surface area contributed by atoms with Crippen molar-refractivity contribution in [1.29, 1.82) is 0 Å². The molecule has 3 N–H and O–H groups in total. The van der Waals surface area contributed by atoms with Crippen LogP contribution >= 0.6 is 0 Å². The smallest absolute Gasteiger partial charge is 0.146 e. The molecule has 4 heteroatoms. The van der Waals surface area contributed by atoms with E-state index in [4.69, 9.17) is 5.84 Å². The number of hydrogen-bond acceptors (Lipinski definition) is 3. The number of aromatic nitrogens is 1. The Morgan fingerprint density at radius 2 is 2.19 bits per heavy atom. The number of nitrogens with one attached hydrogen (secondary N) is 1. The average molecular weight is 225 g/mol. The molecule has 0 spiro atoms. The normalized spacial score (nSPS) is 13.1. The predicted octanol–water partition coefficient (Wildman–Crippen LogP) is 2.55. The maximum atomic E-state index is 13.5. The average Bonchev–Trinajstić information content (AvgIpc) is 2.25. The van der Waals surface area contributed by atoms with Crippen molar-refractivity contribution < 1.29 is 4.39 Å². The van der Waals surface area contributed by atoms with Crippen LogP contribution in [0.2, 0.25) is 0 Å². The predicted molar refractivity (Wildman–Crippen MR) is 62.9 cm³/mol. The summed E-state index contributed by atoms with van der Waals surface area (Å²) in [6.45, 7) is 4.36. The van der Waals surface area contributed by atoms with Gasteiger partial charge in [-0.2, -0.15) is 0 Å². The minimum atomic E-state index is -0.296. The summed E-state index contributed by atoms with van der Waals surface area (Å²) in [5.74, 6) is 5.82. The third kappa shape index (κ3) is 3.87. The summed E-state index contributed by atoms with van der Waals surface area (Å²) < 4.78 is 13.5. The second kappa shape index (κ2) is 6.55. The summed E-state index contributed by atoms with van der Waals surface area (Å²) in [7, 11) is 0. The molecule has 0 radical (unpaired) electrons. The SMILES string of the molecule is CC(C)CCCC(NN)c1ccncc1F. The molecule has 1 aromatic heterocycles. The van der Waals surface area contributed by atoms with Crippen LogP contribution in [0.3, 0.4) is 0 Å². The molecule has 0 bridgehead atoms. The van der Waals surface area contributed by atoms with Crippen LogP contribution < -0.4 is 11.3 Å². The van der Waals surface area contributed by atoms with Crippen LogP contribution in [-0.2, 0) is 0 Å². The minimum absolute atomic E-state index is 0.123. The quantitative estimate of drug-likeness (QED) is 0.578. The van der Waals surface area contributed by atoms with E-state index >= 15 is 0 Å². The van der Waals surface area contributed by atoms with Crippen LogP contribution in [0.25, 0.3) is 0 Å². The number of pyridine rings is 1. The molecular formula is C12H20FN3. The van der Waals surface area contributed by atoms with Crippen LogP contribution in [0.15, 0.2) is 18.5 Å². The molecule has 0 saturated carbocycles. The fourth-order valence-electron chi connectivity index (χ4n) is 1.73. The molecule has 1 atom stereocenters. The van der Waals surface area contributed by atoms with Gasteiger partial charge in [0, 0.05) is 17.8 Å². The van der Waals surface area contributed by atoms with Crippen LogP contribution in [-0.4, -0.2) is 4.98 Å². The Morgan fingerprint density at radius 3 is 2.75 bits per heavy atom. The van der Waals surface area contributed by atoms with Gasteiger partial charge in [0.1, 0.15) is 5.82 Å². The topological polar surface area (TPSA) is 50.9 Å². The Morgan fingerprint density at radius 1 is 1.44 bits per heavy atom. The highest BCUT2D eigenvalue weighted by Crippen LogP contribution is 2.21. The van der Waals surface area contributed by atoms with Gasteiger partial charge in [0.15, 0.2) is 0 Å². The maximum absolute atomic E-state index is 13.5. The fourth-order valence-corrected chi connectivity index (χ4v) is 1.73. The number of nitrogens with two attached hydrogens (primary N) is 1. The van der Waals surface area contributed by atoms with Gasteiger partial charge in [-0.3, -0.25) is 16.3 Å². The van der Waals surface area contributed by atoms with Crippen molar-refractivity contribution in [1.82, 2.24) is 10.4 Å². The van der Waals surface area contributed by atoms with E-state index in [-0.39, 0.29) is 11.9 Å². The van der Waals surface area contributed by atoms with E-state index in [1.807, 2.05) is 0 Å². The van der Waals surface area contributed by atoms with E-state index in [9.17, 15) is 4.39 Å². The molecule has 90 valence electrons. The molecule has 1 aromatic rings. The zero-order chi connectivity index (χ0) is 12.0. The molecule has 0 saturated heterocycles. The fraction of sp³-hybridized carbons (Fsp3) is 0.583. The van der Waals surface area contributed by atoms with Crippen molar-refractivity contribution in [3.05, 3.63) is 29.8 Å². The largest absolute Gasteiger partial charge is 0.271 e. The summed E-state index contributed by atoms with van der Waals surface area (Å²) in [5.41, 5.74) is 3.26. The Hall–Kier alpha value is -1.00. The molecule has 0 aromatic carbocycles. The summed E-state index contributed by atoms with van der Waals surface area (Å²) in [5, 5.41) is 0. The first-order valence-corrected chi connectivity index (χ1v) is 5.70. The summed E-state index contributed by atoms with van der Waals surface area (Å²) in [4.78, 5) is 3.73. The molecule has 16 heavy (non-hydrogen) atoms. The molecule has 0 aliphatic rings.